The van der Waals surface area contributed by atoms with Crippen LogP contribution in [-0.4, -0.2) is 186 Å². The van der Waals surface area contributed by atoms with Gasteiger partial charge < -0.3 is 59.9 Å². The summed E-state index contributed by atoms with van der Waals surface area (Å²) >= 11 is 1.57. The molecule has 87 heavy (non-hydrogen) atoms. The smallest absolute Gasteiger partial charge is 0.255 e. The second-order valence-electron chi connectivity index (χ2n) is 22.5. The first kappa shape index (κ1) is 65.4. The fraction of sp³-hybridized carbons (Fsp3) is 0.453. The highest BCUT2D eigenvalue weighted by Crippen LogP contribution is 2.30. The fourth-order valence-electron chi connectivity index (χ4n) is 9.90. The second kappa shape index (κ2) is 32.9. The lowest BCUT2D eigenvalue weighted by molar-refractivity contribution is -0.144. The maximum absolute atomic E-state index is 14.0. The number of anilines is 3. The molecule has 23 heteroatoms. The molecule has 2 aliphatic rings. The summed E-state index contributed by atoms with van der Waals surface area (Å²) in [5.41, 5.74) is 9.66. The van der Waals surface area contributed by atoms with Crippen LogP contribution < -0.4 is 21.3 Å². The van der Waals surface area contributed by atoms with E-state index in [0.717, 1.165) is 62.9 Å². The molecule has 464 valence electrons. The number of hydrogen-bond donors (Lipinski definition) is 5. The minimum absolute atomic E-state index is 0.0116. The van der Waals surface area contributed by atoms with Gasteiger partial charge >= 0.3 is 0 Å². The van der Waals surface area contributed by atoms with Crippen LogP contribution in [0.15, 0.2) is 109 Å². The van der Waals surface area contributed by atoms with Crippen molar-refractivity contribution in [3.63, 3.8) is 0 Å². The van der Waals surface area contributed by atoms with Crippen molar-refractivity contribution in [3.8, 4) is 21.7 Å². The van der Waals surface area contributed by atoms with Crippen LogP contribution in [0.2, 0.25) is 0 Å². The number of pyridine rings is 1. The second-order valence-corrected chi connectivity index (χ2v) is 23.3. The van der Waals surface area contributed by atoms with Gasteiger partial charge in [-0.15, -0.1) is 11.3 Å². The number of rotatable bonds is 31. The van der Waals surface area contributed by atoms with Gasteiger partial charge in [0, 0.05) is 99.7 Å². The largest absolute Gasteiger partial charge is 0.391 e. The number of carbonyl (C=O) groups excluding carboxylic acids is 5. The average molecular weight is 1210 g/mol. The topological polar surface area (TPSA) is 261 Å². The van der Waals surface area contributed by atoms with Crippen LogP contribution in [0.5, 0.6) is 0 Å². The number of likely N-dealkylation sites (tertiary alicyclic amines) is 1. The van der Waals surface area contributed by atoms with Crippen LogP contribution in [0.25, 0.3) is 21.7 Å². The molecule has 5 amide bonds. The van der Waals surface area contributed by atoms with E-state index in [1.807, 2.05) is 130 Å². The number of thiazole rings is 1. The molecule has 3 atom stereocenters. The molecule has 0 bridgehead atoms. The number of carbonyl (C=O) groups is 5. The van der Waals surface area contributed by atoms with Crippen molar-refractivity contribution in [1.82, 2.24) is 45.3 Å². The zero-order chi connectivity index (χ0) is 61.5. The van der Waals surface area contributed by atoms with Gasteiger partial charge in [-0.25, -0.2) is 15.0 Å². The molecule has 8 rings (SSSR count). The molecule has 3 aromatic heterocycles. The maximum atomic E-state index is 14.0. The molecule has 3 aromatic carbocycles. The number of hydrogen-bond acceptors (Lipinski definition) is 18. The lowest BCUT2D eigenvalue weighted by Crippen LogP contribution is -2.57. The molecule has 6 aromatic rings. The van der Waals surface area contributed by atoms with Crippen molar-refractivity contribution in [2.24, 2.45) is 5.41 Å². The average Bonchev–Trinajstić information content (AvgIpc) is 3.36. The number of benzene rings is 3. The predicted molar refractivity (Wildman–Crippen MR) is 331 cm³/mol. The number of ether oxygens (including phenoxy) is 5. The number of amides is 5. The van der Waals surface area contributed by atoms with E-state index in [2.05, 4.69) is 46.1 Å². The maximum Gasteiger partial charge on any atom is 0.255 e. The number of nitrogens with one attached hydrogen (secondary N) is 4. The first-order valence-corrected chi connectivity index (χ1v) is 30.4. The van der Waals surface area contributed by atoms with Gasteiger partial charge in [0.15, 0.2) is 0 Å². The number of aryl methyl sites for hydroxylation is 2. The van der Waals surface area contributed by atoms with E-state index < -0.39 is 29.5 Å². The van der Waals surface area contributed by atoms with E-state index in [-0.39, 0.29) is 62.8 Å². The Kier molecular flexibility index (Phi) is 24.7. The van der Waals surface area contributed by atoms with Crippen LogP contribution in [0.1, 0.15) is 72.8 Å². The summed E-state index contributed by atoms with van der Waals surface area (Å²) in [6, 6.07) is 24.9. The minimum atomic E-state index is -0.938. The molecule has 0 aliphatic carbocycles. The highest BCUT2D eigenvalue weighted by atomic mass is 32.1. The third kappa shape index (κ3) is 20.2. The summed E-state index contributed by atoms with van der Waals surface area (Å²) in [4.78, 5) is 90.8. The van der Waals surface area contributed by atoms with E-state index >= 15 is 0 Å². The number of aliphatic hydroxyl groups excluding tert-OH is 1. The first-order chi connectivity index (χ1) is 42.1. The molecule has 0 spiro atoms. The summed E-state index contributed by atoms with van der Waals surface area (Å²) in [5, 5.41) is 22.6. The van der Waals surface area contributed by atoms with Crippen LogP contribution in [-0.2, 0) is 56.0 Å². The van der Waals surface area contributed by atoms with Gasteiger partial charge in [-0.05, 0) is 84.0 Å². The van der Waals surface area contributed by atoms with Crippen LogP contribution in [0.3, 0.4) is 0 Å². The van der Waals surface area contributed by atoms with Crippen LogP contribution >= 0.6 is 11.3 Å². The molecular weight excluding hydrogens is 1130 g/mol. The Bertz CT molecular complexity index is 3180. The molecule has 0 unspecified atom stereocenters. The summed E-state index contributed by atoms with van der Waals surface area (Å²) in [6.07, 6.45) is 4.71. The van der Waals surface area contributed by atoms with Gasteiger partial charge in [-0.1, -0.05) is 63.2 Å². The molecule has 0 radical (unpaired) electrons. The Labute approximate surface area is 512 Å². The lowest BCUT2D eigenvalue weighted by Gasteiger charge is -2.35. The monoisotopic (exact) mass is 1210 g/mol. The van der Waals surface area contributed by atoms with Crippen molar-refractivity contribution < 1.29 is 52.8 Å². The van der Waals surface area contributed by atoms with Crippen LogP contribution in [0.4, 0.5) is 17.3 Å². The highest BCUT2D eigenvalue weighted by Gasteiger charge is 2.44. The Morgan fingerprint density at radius 1 is 0.736 bits per heavy atom. The SMILES string of the molecule is Cc1ccc(NC(=O)c2ccc(CN3CCN(C(=O)CCOCCOCCOCCOCCOCCC(=O)N[C@H](C(=O)N4C[C@H](O)C[C@H]4C(=O)NCc4ccc(-c5scnc5C)cc4)C(C)(C)C)CC3)cc2)cc1Nc1nccc(-c2cccnc2)n1. The Morgan fingerprint density at radius 3 is 2.02 bits per heavy atom. The Hall–Kier alpha value is -7.61. The van der Waals surface area contributed by atoms with E-state index in [9.17, 15) is 29.1 Å². The molecular formula is C64H81N11O11S. The summed E-state index contributed by atoms with van der Waals surface area (Å²) < 4.78 is 28.1. The molecule has 5 heterocycles. The number of aliphatic hydroxyl groups is 1. The van der Waals surface area contributed by atoms with Crippen LogP contribution in [0, 0.1) is 19.3 Å². The molecule has 5 N–H and O–H groups in total. The molecule has 2 aliphatic heterocycles. The molecule has 0 saturated carbocycles. The van der Waals surface area contributed by atoms with E-state index in [1.165, 1.54) is 4.90 Å². The standard InChI is InChI=1S/C64H81N11O11S/c1-44-8-17-51(37-54(44)71-63-66-22-18-53(70-63)50-7-6-21-65-40-50)69-60(79)49-15-11-47(12-16-49)41-73-23-25-74(26-24-73)57(78)20-28-83-30-32-85-34-36-86-35-33-84-31-29-82-27-19-56(77)72-59(64(3,4)5)62(81)75-42-52(76)38-55(75)61(80)67-39-46-9-13-48(14-10-46)58-45(2)68-43-87-58/h6-18,21-22,37,40,43,52,55,59,76H,19-20,23-36,38-39,41-42H2,1-5H3,(H,67,80)(H,69,79)(H,72,77)(H,66,70,71)/t52-,55+,59-/m1/s1. The third-order valence-electron chi connectivity index (χ3n) is 14.8. The first-order valence-electron chi connectivity index (χ1n) is 29.5. The summed E-state index contributed by atoms with van der Waals surface area (Å²) in [5.74, 6) is -0.889. The van der Waals surface area contributed by atoms with E-state index in [1.54, 1.807) is 29.9 Å². The zero-order valence-electron chi connectivity index (χ0n) is 50.3. The minimum Gasteiger partial charge on any atom is -0.391 e. The predicted octanol–water partition coefficient (Wildman–Crippen LogP) is 6.59. The van der Waals surface area contributed by atoms with Gasteiger partial charge in [0.1, 0.15) is 12.1 Å². The van der Waals surface area contributed by atoms with Gasteiger partial charge in [-0.2, -0.15) is 0 Å². The van der Waals surface area contributed by atoms with Crippen molar-refractivity contribution in [3.05, 3.63) is 137 Å². The highest BCUT2D eigenvalue weighted by molar-refractivity contribution is 7.13. The third-order valence-corrected chi connectivity index (χ3v) is 15.8. The summed E-state index contributed by atoms with van der Waals surface area (Å²) in [6.45, 7) is 16.4. The van der Waals surface area contributed by atoms with Crippen molar-refractivity contribution in [2.75, 3.05) is 109 Å². The van der Waals surface area contributed by atoms with E-state index in [4.69, 9.17) is 23.7 Å². The van der Waals surface area contributed by atoms with Gasteiger partial charge in [0.2, 0.25) is 29.6 Å². The van der Waals surface area contributed by atoms with Gasteiger partial charge in [0.25, 0.3) is 5.91 Å². The number of piperazine rings is 1. The zero-order valence-corrected chi connectivity index (χ0v) is 51.2. The Morgan fingerprint density at radius 2 is 1.39 bits per heavy atom. The Balaban J connectivity index is 0.604. The number of β-amino-alcohol motifs (C(OH)–C–C–N with tert-alkyl or cyclic N) is 1. The van der Waals surface area contributed by atoms with Crippen molar-refractivity contribution in [1.29, 1.82) is 0 Å². The lowest BCUT2D eigenvalue weighted by atomic mass is 9.85. The number of nitrogens with zero attached hydrogens (tertiary/aromatic N) is 7. The van der Waals surface area contributed by atoms with Crippen molar-refractivity contribution >= 4 is 58.2 Å². The number of aromatic nitrogens is 4. The van der Waals surface area contributed by atoms with Gasteiger partial charge in [0.05, 0.1) is 100 Å². The molecule has 2 fully saturated rings. The fourth-order valence-corrected chi connectivity index (χ4v) is 10.7. The van der Waals surface area contributed by atoms with Gasteiger partial charge in [-0.3, -0.25) is 33.9 Å². The van der Waals surface area contributed by atoms with Crippen molar-refractivity contribution in [2.45, 2.75) is 85.2 Å². The molecule has 22 nitrogen and oxygen atoms in total. The normalized spacial score (nSPS) is 15.7. The van der Waals surface area contributed by atoms with E-state index in [0.29, 0.717) is 96.1 Å². The molecule has 2 saturated heterocycles. The summed E-state index contributed by atoms with van der Waals surface area (Å²) in [7, 11) is 0. The quantitative estimate of drug-likeness (QED) is 0.0288.